The lowest BCUT2D eigenvalue weighted by molar-refractivity contribution is 0.0979. The molecule has 0 fully saturated rings. The van der Waals surface area contributed by atoms with Gasteiger partial charge in [0.25, 0.3) is 5.91 Å². The summed E-state index contributed by atoms with van der Waals surface area (Å²) in [6.07, 6.45) is 0. The van der Waals surface area contributed by atoms with Gasteiger partial charge in [-0.3, -0.25) is 4.79 Å². The highest BCUT2D eigenvalue weighted by Gasteiger charge is 2.25. The minimum atomic E-state index is -1.16. The molecular weight excluding hydrogens is 254 g/mol. The van der Waals surface area contributed by atoms with Crippen LogP contribution in [0.25, 0.3) is 0 Å². The van der Waals surface area contributed by atoms with Gasteiger partial charge in [0.15, 0.2) is 0 Å². The fourth-order valence-corrected chi connectivity index (χ4v) is 1.58. The molecule has 0 aliphatic heterocycles. The zero-order chi connectivity index (χ0) is 13.8. The topological polar surface area (TPSA) is 49.7 Å². The Morgan fingerprint density at radius 2 is 1.53 bits per heavy atom. The van der Waals surface area contributed by atoms with Gasteiger partial charge >= 0.3 is 0 Å². The van der Waals surface area contributed by atoms with Crippen LogP contribution in [0.2, 0.25) is 0 Å². The van der Waals surface area contributed by atoms with Crippen LogP contribution in [0.15, 0.2) is 53.8 Å². The van der Waals surface area contributed by atoms with Crippen molar-refractivity contribution in [2.24, 2.45) is 5.29 Å². The van der Waals surface area contributed by atoms with Gasteiger partial charge in [0.2, 0.25) is 0 Å². The quantitative estimate of drug-likeness (QED) is 0.629. The zero-order valence-corrected chi connectivity index (χ0v) is 9.59. The first-order valence-corrected chi connectivity index (χ1v) is 5.32. The summed E-state index contributed by atoms with van der Waals surface area (Å²) in [6.45, 7) is 0. The summed E-state index contributed by atoms with van der Waals surface area (Å²) in [4.78, 5) is 22.7. The minimum Gasteiger partial charge on any atom is -0.266 e. The second kappa shape index (κ2) is 5.34. The molecule has 0 aliphatic rings. The van der Waals surface area contributed by atoms with Crippen LogP contribution in [0.4, 0.5) is 14.5 Å². The lowest BCUT2D eigenvalue weighted by Gasteiger charge is -2.13. The Hall–Kier alpha value is -2.63. The number of nitrogens with zero attached hydrogens (tertiary/aromatic N) is 2. The second-order valence-electron chi connectivity index (χ2n) is 3.63. The van der Waals surface area contributed by atoms with Crippen molar-refractivity contribution in [1.82, 2.24) is 0 Å². The van der Waals surface area contributed by atoms with Crippen molar-refractivity contribution < 1.29 is 13.6 Å². The van der Waals surface area contributed by atoms with E-state index in [0.717, 1.165) is 18.2 Å². The number of anilines is 1. The van der Waals surface area contributed by atoms with Crippen LogP contribution < -0.4 is 5.01 Å². The standard InChI is InChI=1S/C13H8F2N2O2/c14-10-7-4-8-11(15)12(10)13(18)17(16-19)9-5-2-1-3-6-9/h1-8H. The third kappa shape index (κ3) is 2.47. The van der Waals surface area contributed by atoms with Crippen molar-refractivity contribution in [1.29, 1.82) is 0 Å². The number of amides is 1. The van der Waals surface area contributed by atoms with E-state index in [2.05, 4.69) is 5.29 Å². The summed E-state index contributed by atoms with van der Waals surface area (Å²) in [5.74, 6) is -3.25. The van der Waals surface area contributed by atoms with E-state index in [1.807, 2.05) is 0 Å². The highest BCUT2D eigenvalue weighted by Crippen LogP contribution is 2.20. The van der Waals surface area contributed by atoms with E-state index < -0.39 is 23.1 Å². The molecule has 0 spiro atoms. The first-order chi connectivity index (χ1) is 9.15. The predicted octanol–water partition coefficient (Wildman–Crippen LogP) is 3.29. The van der Waals surface area contributed by atoms with Gasteiger partial charge in [-0.05, 0) is 24.3 Å². The van der Waals surface area contributed by atoms with E-state index in [-0.39, 0.29) is 5.69 Å². The van der Waals surface area contributed by atoms with E-state index in [4.69, 9.17) is 0 Å². The monoisotopic (exact) mass is 262 g/mol. The Kier molecular flexibility index (Phi) is 3.61. The highest BCUT2D eigenvalue weighted by molar-refractivity contribution is 6.05. The number of hydrogen-bond acceptors (Lipinski definition) is 3. The van der Waals surface area contributed by atoms with Gasteiger partial charge in [-0.15, -0.1) is 4.91 Å². The van der Waals surface area contributed by atoms with Crippen molar-refractivity contribution in [3.8, 4) is 0 Å². The number of nitroso groups, excluding NO2 is 1. The number of hydrogen-bond donors (Lipinski definition) is 0. The fraction of sp³-hybridized carbons (Fsp3) is 0. The van der Waals surface area contributed by atoms with Gasteiger partial charge in [0.1, 0.15) is 17.2 Å². The average Bonchev–Trinajstić information content (AvgIpc) is 2.40. The highest BCUT2D eigenvalue weighted by atomic mass is 19.1. The van der Waals surface area contributed by atoms with Crippen molar-refractivity contribution in [3.63, 3.8) is 0 Å². The van der Waals surface area contributed by atoms with E-state index >= 15 is 0 Å². The summed E-state index contributed by atoms with van der Waals surface area (Å²) in [6, 6.07) is 10.7. The molecule has 4 nitrogen and oxygen atoms in total. The van der Waals surface area contributed by atoms with Crippen LogP contribution in [-0.4, -0.2) is 5.91 Å². The van der Waals surface area contributed by atoms with Gasteiger partial charge < -0.3 is 0 Å². The SMILES string of the molecule is O=NN(C(=O)c1c(F)cccc1F)c1ccccc1. The summed E-state index contributed by atoms with van der Waals surface area (Å²) in [5, 5.41) is 2.92. The molecule has 0 N–H and O–H groups in total. The minimum absolute atomic E-state index is 0.130. The molecule has 6 heteroatoms. The third-order valence-corrected chi connectivity index (χ3v) is 2.45. The normalized spacial score (nSPS) is 10.0. The molecular formula is C13H8F2N2O2. The molecule has 0 unspecified atom stereocenters. The molecule has 2 aromatic rings. The van der Waals surface area contributed by atoms with Crippen molar-refractivity contribution in [3.05, 3.63) is 70.6 Å². The number of halogens is 2. The molecule has 0 radical (unpaired) electrons. The molecule has 2 rings (SSSR count). The van der Waals surface area contributed by atoms with E-state index in [0.29, 0.717) is 5.01 Å². The van der Waals surface area contributed by atoms with Crippen molar-refractivity contribution >= 4 is 11.6 Å². The van der Waals surface area contributed by atoms with Gasteiger partial charge in [-0.2, -0.15) is 5.01 Å². The van der Waals surface area contributed by atoms with Crippen LogP contribution in [-0.2, 0) is 0 Å². The fourth-order valence-electron chi connectivity index (χ4n) is 1.58. The molecule has 0 saturated heterocycles. The molecule has 0 aliphatic carbocycles. The van der Waals surface area contributed by atoms with Gasteiger partial charge in [-0.1, -0.05) is 24.3 Å². The number of benzene rings is 2. The number of rotatable bonds is 3. The Morgan fingerprint density at radius 1 is 0.947 bits per heavy atom. The number of carbonyl (C=O) groups excluding carboxylic acids is 1. The van der Waals surface area contributed by atoms with Gasteiger partial charge in [0, 0.05) is 0 Å². The van der Waals surface area contributed by atoms with Crippen molar-refractivity contribution in [2.45, 2.75) is 0 Å². The van der Waals surface area contributed by atoms with Crippen LogP contribution in [0.1, 0.15) is 10.4 Å². The molecule has 0 atom stereocenters. The molecule has 96 valence electrons. The van der Waals surface area contributed by atoms with E-state index in [1.165, 1.54) is 12.1 Å². The van der Waals surface area contributed by atoms with Crippen molar-refractivity contribution in [2.75, 3.05) is 5.01 Å². The molecule has 0 aromatic heterocycles. The van der Waals surface area contributed by atoms with Crippen LogP contribution in [0.3, 0.4) is 0 Å². The third-order valence-electron chi connectivity index (χ3n) is 2.45. The van der Waals surface area contributed by atoms with Crippen LogP contribution in [0, 0.1) is 16.5 Å². The maximum atomic E-state index is 13.5. The maximum absolute atomic E-state index is 13.5. The molecule has 0 saturated carbocycles. The molecule has 1 amide bonds. The number of carbonyl (C=O) groups is 1. The first kappa shape index (κ1) is 12.8. The zero-order valence-electron chi connectivity index (χ0n) is 9.59. The van der Waals surface area contributed by atoms with E-state index in [1.54, 1.807) is 18.2 Å². The molecule has 2 aromatic carbocycles. The lowest BCUT2D eigenvalue weighted by atomic mass is 10.1. The van der Waals surface area contributed by atoms with E-state index in [9.17, 15) is 18.5 Å². The Balaban J connectivity index is 2.45. The molecule has 0 bridgehead atoms. The van der Waals surface area contributed by atoms with Gasteiger partial charge in [0.05, 0.1) is 11.0 Å². The summed E-state index contributed by atoms with van der Waals surface area (Å²) in [5.41, 5.74) is -0.684. The van der Waals surface area contributed by atoms with Crippen LogP contribution >= 0.6 is 0 Å². The molecule has 0 heterocycles. The second-order valence-corrected chi connectivity index (χ2v) is 3.63. The smallest absolute Gasteiger partial charge is 0.266 e. The number of para-hydroxylation sites is 1. The largest absolute Gasteiger partial charge is 0.287 e. The summed E-state index contributed by atoms with van der Waals surface area (Å²) < 4.78 is 27.0. The summed E-state index contributed by atoms with van der Waals surface area (Å²) in [7, 11) is 0. The lowest BCUT2D eigenvalue weighted by Crippen LogP contribution is -2.26. The van der Waals surface area contributed by atoms with Crippen LogP contribution in [0.5, 0.6) is 0 Å². The Labute approximate surface area is 107 Å². The Bertz CT molecular complexity index is 597. The molecule has 19 heavy (non-hydrogen) atoms. The maximum Gasteiger partial charge on any atom is 0.287 e. The predicted molar refractivity (Wildman–Crippen MR) is 65.4 cm³/mol. The van der Waals surface area contributed by atoms with Gasteiger partial charge in [-0.25, -0.2) is 8.78 Å². The summed E-state index contributed by atoms with van der Waals surface area (Å²) >= 11 is 0. The average molecular weight is 262 g/mol. The first-order valence-electron chi connectivity index (χ1n) is 5.32. The Morgan fingerprint density at radius 3 is 2.05 bits per heavy atom.